The van der Waals surface area contributed by atoms with Crippen molar-refractivity contribution < 1.29 is 4.79 Å². The van der Waals surface area contributed by atoms with Crippen LogP contribution in [0.4, 0.5) is 0 Å². The topological polar surface area (TPSA) is 61.9 Å². The molecule has 0 bridgehead atoms. The molecule has 4 rings (SSSR count). The van der Waals surface area contributed by atoms with Crippen molar-refractivity contribution in [2.45, 2.75) is 25.7 Å². The van der Waals surface area contributed by atoms with Crippen LogP contribution >= 0.6 is 0 Å². The van der Waals surface area contributed by atoms with E-state index in [1.54, 1.807) is 6.20 Å². The van der Waals surface area contributed by atoms with Crippen molar-refractivity contribution in [3.63, 3.8) is 0 Å². The average Bonchev–Trinajstić information content (AvgIpc) is 3.05. The van der Waals surface area contributed by atoms with Gasteiger partial charge in [0.05, 0.1) is 11.4 Å². The van der Waals surface area contributed by atoms with Gasteiger partial charge in [0, 0.05) is 42.3 Å². The number of rotatable bonds is 2. The smallest absolute Gasteiger partial charge is 0.270 e. The number of carbonyl (C=O) groups is 1. The average molecular weight is 320 g/mol. The second kappa shape index (κ2) is 6.07. The summed E-state index contributed by atoms with van der Waals surface area (Å²) < 4.78 is 0. The Morgan fingerprint density at radius 2 is 2.00 bits per heavy atom. The quantitative estimate of drug-likeness (QED) is 0.788. The summed E-state index contributed by atoms with van der Waals surface area (Å²) in [6.45, 7) is 3.48. The van der Waals surface area contributed by atoms with Gasteiger partial charge in [0.1, 0.15) is 5.69 Å². The Hall–Kier alpha value is -2.69. The summed E-state index contributed by atoms with van der Waals surface area (Å²) in [4.78, 5) is 26.7. The third kappa shape index (κ3) is 2.77. The fraction of sp³-hybridized carbons (Fsp3) is 0.316. The van der Waals surface area contributed by atoms with Crippen molar-refractivity contribution in [3.05, 3.63) is 59.8 Å². The number of aryl methyl sites for hydroxylation is 1. The zero-order valence-corrected chi connectivity index (χ0v) is 13.7. The molecule has 0 aliphatic carbocycles. The summed E-state index contributed by atoms with van der Waals surface area (Å²) in [5.74, 6) is 0.476. The number of nitrogens with one attached hydrogen (secondary N) is 1. The van der Waals surface area contributed by atoms with E-state index < -0.39 is 0 Å². The number of hydrogen-bond donors (Lipinski definition) is 1. The monoisotopic (exact) mass is 320 g/mol. The molecule has 1 aromatic carbocycles. The van der Waals surface area contributed by atoms with Crippen molar-refractivity contribution in [2.75, 3.05) is 13.1 Å². The Labute approximate surface area is 140 Å². The molecule has 3 aromatic rings. The lowest BCUT2D eigenvalue weighted by atomic mass is 9.93. The molecule has 1 amide bonds. The van der Waals surface area contributed by atoms with E-state index in [1.807, 2.05) is 48.4 Å². The molecule has 0 atom stereocenters. The highest BCUT2D eigenvalue weighted by molar-refractivity contribution is 5.98. The number of H-pyrrole nitrogens is 1. The summed E-state index contributed by atoms with van der Waals surface area (Å²) in [7, 11) is 0. The van der Waals surface area contributed by atoms with Crippen molar-refractivity contribution in [2.24, 2.45) is 0 Å². The first-order valence-electron chi connectivity index (χ1n) is 8.36. The van der Waals surface area contributed by atoms with E-state index >= 15 is 0 Å². The second-order valence-electron chi connectivity index (χ2n) is 6.42. The van der Waals surface area contributed by atoms with Gasteiger partial charge in [-0.05, 0) is 31.9 Å². The maximum Gasteiger partial charge on any atom is 0.270 e. The van der Waals surface area contributed by atoms with Gasteiger partial charge in [-0.15, -0.1) is 0 Å². The summed E-state index contributed by atoms with van der Waals surface area (Å²) in [6.07, 6.45) is 5.50. The molecule has 1 aliphatic rings. The molecule has 2 aromatic heterocycles. The maximum atomic E-state index is 12.7. The van der Waals surface area contributed by atoms with Gasteiger partial charge < -0.3 is 9.88 Å². The molecule has 122 valence electrons. The standard InChI is InChI=1S/C19H20N4O/c1-13-11-20-12-18(21-13)14-6-8-23(9-7-14)19(24)17-10-15-4-2-3-5-16(15)22-17/h2-5,10-12,14,22H,6-9H2,1H3. The van der Waals surface area contributed by atoms with Gasteiger partial charge >= 0.3 is 0 Å². The molecule has 24 heavy (non-hydrogen) atoms. The van der Waals surface area contributed by atoms with Crippen molar-refractivity contribution >= 4 is 16.8 Å². The molecule has 1 aliphatic heterocycles. The van der Waals surface area contributed by atoms with E-state index in [1.165, 1.54) is 0 Å². The molecule has 1 fully saturated rings. The molecule has 0 unspecified atom stereocenters. The lowest BCUT2D eigenvalue weighted by Crippen LogP contribution is -2.38. The van der Waals surface area contributed by atoms with Crippen LogP contribution in [-0.4, -0.2) is 38.8 Å². The number of likely N-dealkylation sites (tertiary alicyclic amines) is 1. The normalized spacial score (nSPS) is 15.8. The van der Waals surface area contributed by atoms with Gasteiger partial charge in [0.15, 0.2) is 0 Å². The fourth-order valence-electron chi connectivity index (χ4n) is 3.42. The minimum atomic E-state index is 0.0833. The van der Waals surface area contributed by atoms with Crippen molar-refractivity contribution in [1.29, 1.82) is 0 Å². The number of nitrogens with zero attached hydrogens (tertiary/aromatic N) is 3. The number of benzene rings is 1. The molecule has 5 heteroatoms. The van der Waals surface area contributed by atoms with Gasteiger partial charge in [-0.25, -0.2) is 0 Å². The molecule has 0 radical (unpaired) electrons. The zero-order chi connectivity index (χ0) is 16.5. The second-order valence-corrected chi connectivity index (χ2v) is 6.42. The molecule has 1 saturated heterocycles. The van der Waals surface area contributed by atoms with E-state index in [0.717, 1.165) is 48.2 Å². The molecule has 0 spiro atoms. The Balaban J connectivity index is 1.46. The van der Waals surface area contributed by atoms with Crippen molar-refractivity contribution in [3.8, 4) is 0 Å². The number of piperidine rings is 1. The van der Waals surface area contributed by atoms with Crippen LogP contribution in [0.5, 0.6) is 0 Å². The fourth-order valence-corrected chi connectivity index (χ4v) is 3.42. The van der Waals surface area contributed by atoms with Crippen LogP contribution in [0.15, 0.2) is 42.7 Å². The van der Waals surface area contributed by atoms with Crippen LogP contribution in [0.2, 0.25) is 0 Å². The highest BCUT2D eigenvalue weighted by Crippen LogP contribution is 2.27. The maximum absolute atomic E-state index is 12.7. The summed E-state index contributed by atoms with van der Waals surface area (Å²) >= 11 is 0. The molecule has 0 saturated carbocycles. The Morgan fingerprint density at radius 3 is 2.75 bits per heavy atom. The zero-order valence-electron chi connectivity index (χ0n) is 13.7. The van der Waals surface area contributed by atoms with Gasteiger partial charge in [-0.2, -0.15) is 0 Å². The number of carbonyl (C=O) groups excluding carboxylic acids is 1. The highest BCUT2D eigenvalue weighted by Gasteiger charge is 2.26. The van der Waals surface area contributed by atoms with Gasteiger partial charge in [0.2, 0.25) is 0 Å². The third-order valence-corrected chi connectivity index (χ3v) is 4.73. The van der Waals surface area contributed by atoms with Crippen LogP contribution in [0, 0.1) is 6.92 Å². The van der Waals surface area contributed by atoms with Crippen LogP contribution < -0.4 is 0 Å². The van der Waals surface area contributed by atoms with Crippen molar-refractivity contribution in [1.82, 2.24) is 19.9 Å². The molecular formula is C19H20N4O. The highest BCUT2D eigenvalue weighted by atomic mass is 16.2. The largest absolute Gasteiger partial charge is 0.351 e. The minimum absolute atomic E-state index is 0.0833. The number of aromatic amines is 1. The van der Waals surface area contributed by atoms with Crippen LogP contribution in [-0.2, 0) is 0 Å². The van der Waals surface area contributed by atoms with Gasteiger partial charge in [-0.1, -0.05) is 18.2 Å². The Morgan fingerprint density at radius 1 is 1.21 bits per heavy atom. The minimum Gasteiger partial charge on any atom is -0.351 e. The molecule has 3 heterocycles. The third-order valence-electron chi connectivity index (χ3n) is 4.73. The van der Waals surface area contributed by atoms with Crippen LogP contribution in [0.1, 0.15) is 40.6 Å². The molecule has 1 N–H and O–H groups in total. The van der Waals surface area contributed by atoms with E-state index in [-0.39, 0.29) is 5.91 Å². The predicted octanol–water partition coefficient (Wildman–Crippen LogP) is 3.29. The van der Waals surface area contributed by atoms with E-state index in [4.69, 9.17) is 0 Å². The van der Waals surface area contributed by atoms with Gasteiger partial charge in [-0.3, -0.25) is 14.8 Å². The Bertz CT molecular complexity index is 845. The summed E-state index contributed by atoms with van der Waals surface area (Å²) in [6, 6.07) is 9.91. The molecular weight excluding hydrogens is 300 g/mol. The summed E-state index contributed by atoms with van der Waals surface area (Å²) in [5.41, 5.74) is 3.67. The predicted molar refractivity (Wildman–Crippen MR) is 92.9 cm³/mol. The van der Waals surface area contributed by atoms with E-state index in [9.17, 15) is 4.79 Å². The number of fused-ring (bicyclic) bond motifs is 1. The first-order chi connectivity index (χ1) is 11.7. The lowest BCUT2D eigenvalue weighted by Gasteiger charge is -2.31. The van der Waals surface area contributed by atoms with E-state index in [0.29, 0.717) is 11.6 Å². The van der Waals surface area contributed by atoms with Crippen LogP contribution in [0.25, 0.3) is 10.9 Å². The number of aromatic nitrogens is 3. The van der Waals surface area contributed by atoms with Gasteiger partial charge in [0.25, 0.3) is 5.91 Å². The number of amides is 1. The summed E-state index contributed by atoms with van der Waals surface area (Å²) in [5, 5.41) is 1.07. The molecule has 5 nitrogen and oxygen atoms in total. The first-order valence-corrected chi connectivity index (χ1v) is 8.36. The van der Waals surface area contributed by atoms with Crippen LogP contribution in [0.3, 0.4) is 0 Å². The first kappa shape index (κ1) is 14.9. The number of para-hydroxylation sites is 1. The lowest BCUT2D eigenvalue weighted by molar-refractivity contribution is 0.0707. The number of hydrogen-bond acceptors (Lipinski definition) is 3. The SMILES string of the molecule is Cc1cncc(C2CCN(C(=O)c3cc4ccccc4[nH]3)CC2)n1. The Kier molecular flexibility index (Phi) is 3.76. The van der Waals surface area contributed by atoms with E-state index in [2.05, 4.69) is 15.0 Å².